The molecule has 4 nitrogen and oxygen atoms in total. The maximum absolute atomic E-state index is 13.2. The van der Waals surface area contributed by atoms with Gasteiger partial charge in [0.1, 0.15) is 5.82 Å². The van der Waals surface area contributed by atoms with Crippen molar-refractivity contribution in [2.75, 3.05) is 19.6 Å². The quantitative estimate of drug-likeness (QED) is 0.891. The molecule has 1 N–H and O–H groups in total. The number of halogens is 1. The van der Waals surface area contributed by atoms with E-state index in [2.05, 4.69) is 5.32 Å². The van der Waals surface area contributed by atoms with Gasteiger partial charge in [-0.25, -0.2) is 4.39 Å². The van der Waals surface area contributed by atoms with E-state index in [-0.39, 0.29) is 12.5 Å². The van der Waals surface area contributed by atoms with Crippen LogP contribution in [0.5, 0.6) is 0 Å². The Labute approximate surface area is 111 Å². The Morgan fingerprint density at radius 1 is 1.37 bits per heavy atom. The van der Waals surface area contributed by atoms with Crippen LogP contribution in [0, 0.1) is 17.1 Å². The van der Waals surface area contributed by atoms with E-state index in [4.69, 9.17) is 5.26 Å². The van der Waals surface area contributed by atoms with Crippen LogP contribution in [0.15, 0.2) is 18.2 Å². The van der Waals surface area contributed by atoms with E-state index in [9.17, 15) is 9.18 Å². The van der Waals surface area contributed by atoms with Gasteiger partial charge in [0, 0.05) is 19.6 Å². The second kappa shape index (κ2) is 6.30. The minimum atomic E-state index is -0.429. The third kappa shape index (κ3) is 3.76. The van der Waals surface area contributed by atoms with Crippen LogP contribution in [-0.4, -0.2) is 30.4 Å². The fraction of sp³-hybridized carbons (Fsp3) is 0.429. The van der Waals surface area contributed by atoms with Crippen LogP contribution in [0.3, 0.4) is 0 Å². The van der Waals surface area contributed by atoms with Gasteiger partial charge in [0.05, 0.1) is 18.2 Å². The highest BCUT2D eigenvalue weighted by Gasteiger charge is 2.16. The van der Waals surface area contributed by atoms with E-state index in [1.807, 2.05) is 11.0 Å². The topological polar surface area (TPSA) is 56.1 Å². The van der Waals surface area contributed by atoms with Crippen molar-refractivity contribution in [2.24, 2.45) is 0 Å². The lowest BCUT2D eigenvalue weighted by Crippen LogP contribution is -2.35. The highest BCUT2D eigenvalue weighted by molar-refractivity contribution is 5.78. The van der Waals surface area contributed by atoms with Crippen LogP contribution in [0.2, 0.25) is 0 Å². The van der Waals surface area contributed by atoms with Crippen molar-refractivity contribution in [2.45, 2.75) is 19.4 Å². The van der Waals surface area contributed by atoms with Gasteiger partial charge in [0.25, 0.3) is 0 Å². The Kier molecular flexibility index (Phi) is 4.48. The summed E-state index contributed by atoms with van der Waals surface area (Å²) in [6.07, 6.45) is 2.14. The monoisotopic (exact) mass is 261 g/mol. The second-order valence-electron chi connectivity index (χ2n) is 4.65. The first-order valence-corrected chi connectivity index (χ1v) is 6.37. The molecule has 0 radical (unpaired) electrons. The number of hydrogen-bond donors (Lipinski definition) is 1. The summed E-state index contributed by atoms with van der Waals surface area (Å²) >= 11 is 0. The SMILES string of the molecule is N#Cc1cc(F)cc(CNCC(=O)N2CCCC2)c1. The van der Waals surface area contributed by atoms with Gasteiger partial charge in [0.2, 0.25) is 5.91 Å². The number of carbonyl (C=O) groups excluding carboxylic acids is 1. The van der Waals surface area contributed by atoms with Crippen molar-refractivity contribution in [1.29, 1.82) is 5.26 Å². The number of nitriles is 1. The van der Waals surface area contributed by atoms with E-state index >= 15 is 0 Å². The number of amides is 1. The Balaban J connectivity index is 1.84. The Morgan fingerprint density at radius 3 is 2.79 bits per heavy atom. The van der Waals surface area contributed by atoms with Crippen molar-refractivity contribution in [3.05, 3.63) is 35.1 Å². The molecule has 100 valence electrons. The molecule has 5 heteroatoms. The zero-order valence-corrected chi connectivity index (χ0v) is 10.7. The van der Waals surface area contributed by atoms with Crippen molar-refractivity contribution >= 4 is 5.91 Å². The Hall–Kier alpha value is -1.93. The van der Waals surface area contributed by atoms with Gasteiger partial charge in [0.15, 0.2) is 0 Å². The molecule has 1 aliphatic rings. The van der Waals surface area contributed by atoms with Crippen LogP contribution >= 0.6 is 0 Å². The summed E-state index contributed by atoms with van der Waals surface area (Å²) in [7, 11) is 0. The predicted octanol–water partition coefficient (Wildman–Crippen LogP) is 1.41. The first-order valence-electron chi connectivity index (χ1n) is 6.37. The van der Waals surface area contributed by atoms with Gasteiger partial charge < -0.3 is 10.2 Å². The Morgan fingerprint density at radius 2 is 2.11 bits per heavy atom. The summed E-state index contributed by atoms with van der Waals surface area (Å²) in [6, 6.07) is 6.09. The maximum Gasteiger partial charge on any atom is 0.236 e. The number of rotatable bonds is 4. The maximum atomic E-state index is 13.2. The number of nitrogens with zero attached hydrogens (tertiary/aromatic N) is 2. The smallest absolute Gasteiger partial charge is 0.236 e. The largest absolute Gasteiger partial charge is 0.342 e. The first-order chi connectivity index (χ1) is 9.19. The number of benzene rings is 1. The normalized spacial score (nSPS) is 14.4. The first kappa shape index (κ1) is 13.5. The van der Waals surface area contributed by atoms with E-state index in [1.165, 1.54) is 12.1 Å². The summed E-state index contributed by atoms with van der Waals surface area (Å²) in [4.78, 5) is 13.6. The molecular weight excluding hydrogens is 245 g/mol. The van der Waals surface area contributed by atoms with Gasteiger partial charge in [-0.15, -0.1) is 0 Å². The molecule has 1 aromatic carbocycles. The molecule has 0 atom stereocenters. The van der Waals surface area contributed by atoms with Crippen LogP contribution in [0.1, 0.15) is 24.0 Å². The molecule has 0 aliphatic carbocycles. The van der Waals surface area contributed by atoms with E-state index in [0.29, 0.717) is 17.7 Å². The lowest BCUT2D eigenvalue weighted by atomic mass is 10.1. The summed E-state index contributed by atoms with van der Waals surface area (Å²) in [5.41, 5.74) is 0.966. The van der Waals surface area contributed by atoms with Crippen LogP contribution in [0.25, 0.3) is 0 Å². The highest BCUT2D eigenvalue weighted by atomic mass is 19.1. The molecule has 19 heavy (non-hydrogen) atoms. The van der Waals surface area contributed by atoms with Gasteiger partial charge >= 0.3 is 0 Å². The molecule has 1 aliphatic heterocycles. The lowest BCUT2D eigenvalue weighted by molar-refractivity contribution is -0.129. The molecule has 1 aromatic rings. The average molecular weight is 261 g/mol. The van der Waals surface area contributed by atoms with E-state index in [0.717, 1.165) is 25.9 Å². The molecule has 1 saturated heterocycles. The summed E-state index contributed by atoms with van der Waals surface area (Å²) < 4.78 is 13.2. The minimum absolute atomic E-state index is 0.0782. The molecule has 1 fully saturated rings. The zero-order valence-electron chi connectivity index (χ0n) is 10.7. The number of nitrogens with one attached hydrogen (secondary N) is 1. The standard InChI is InChI=1S/C14H16FN3O/c15-13-6-11(8-16)5-12(7-13)9-17-10-14(19)18-3-1-2-4-18/h5-7,17H,1-4,9-10H2. The molecule has 0 spiro atoms. The zero-order chi connectivity index (χ0) is 13.7. The molecule has 0 bridgehead atoms. The second-order valence-corrected chi connectivity index (χ2v) is 4.65. The van der Waals surface area contributed by atoms with Crippen LogP contribution in [0.4, 0.5) is 4.39 Å². The molecular formula is C14H16FN3O. The van der Waals surface area contributed by atoms with E-state index in [1.54, 1.807) is 6.07 Å². The third-order valence-corrected chi connectivity index (χ3v) is 3.15. The molecule has 0 saturated carbocycles. The number of likely N-dealkylation sites (tertiary alicyclic amines) is 1. The molecule has 1 amide bonds. The van der Waals surface area contributed by atoms with Crippen molar-refractivity contribution in [1.82, 2.24) is 10.2 Å². The Bertz CT molecular complexity index is 504. The molecule has 0 unspecified atom stereocenters. The number of hydrogen-bond acceptors (Lipinski definition) is 3. The van der Waals surface area contributed by atoms with Gasteiger partial charge in [-0.05, 0) is 36.6 Å². The van der Waals surface area contributed by atoms with E-state index < -0.39 is 5.82 Å². The summed E-state index contributed by atoms with van der Waals surface area (Å²) in [6.45, 7) is 2.29. The fourth-order valence-electron chi connectivity index (χ4n) is 2.21. The highest BCUT2D eigenvalue weighted by Crippen LogP contribution is 2.09. The lowest BCUT2D eigenvalue weighted by Gasteiger charge is -2.15. The van der Waals surface area contributed by atoms with Crippen LogP contribution < -0.4 is 5.32 Å². The molecule has 0 aromatic heterocycles. The summed E-state index contributed by atoms with van der Waals surface area (Å²) in [5, 5.41) is 11.7. The van der Waals surface area contributed by atoms with Crippen molar-refractivity contribution in [3.8, 4) is 6.07 Å². The minimum Gasteiger partial charge on any atom is -0.342 e. The van der Waals surface area contributed by atoms with Gasteiger partial charge in [-0.2, -0.15) is 5.26 Å². The predicted molar refractivity (Wildman–Crippen MR) is 68.6 cm³/mol. The fourth-order valence-corrected chi connectivity index (χ4v) is 2.21. The van der Waals surface area contributed by atoms with Crippen LogP contribution in [-0.2, 0) is 11.3 Å². The summed E-state index contributed by atoms with van der Waals surface area (Å²) in [5.74, 6) is -0.351. The molecule has 1 heterocycles. The van der Waals surface area contributed by atoms with Crippen molar-refractivity contribution in [3.63, 3.8) is 0 Å². The van der Waals surface area contributed by atoms with Gasteiger partial charge in [-0.3, -0.25) is 4.79 Å². The van der Waals surface area contributed by atoms with Gasteiger partial charge in [-0.1, -0.05) is 0 Å². The van der Waals surface area contributed by atoms with Crippen molar-refractivity contribution < 1.29 is 9.18 Å². The third-order valence-electron chi connectivity index (χ3n) is 3.15. The average Bonchev–Trinajstić information content (AvgIpc) is 2.92. The molecule has 2 rings (SSSR count). The number of carbonyl (C=O) groups is 1.